The minimum absolute atomic E-state index is 0.0833. The molecule has 4 heterocycles. The number of rotatable bonds is 9. The number of carbonyl (C=O) groups is 1. The Morgan fingerprint density at radius 1 is 1.02 bits per heavy atom. The average molecular weight is 602 g/mol. The standard InChI is InChI=1S/C26H28ClN7O4S2/c27-22-8-10-24(39-22)40(37,38)32-26(36)31-19-6-9-23(29-16-19)34-17-30-21-15-18(5-7-20(21)25(34)35)28-11-4-14-33-12-2-1-3-13-33/h5-10,15-17,28H,1-4,11-14H2,(H2,31,32,36). The number of nitrogens with zero attached hydrogens (tertiary/aromatic N) is 4. The van der Waals surface area contributed by atoms with Crippen LogP contribution in [0.4, 0.5) is 16.2 Å². The van der Waals surface area contributed by atoms with Gasteiger partial charge in [-0.25, -0.2) is 27.9 Å². The number of thiophene rings is 1. The summed E-state index contributed by atoms with van der Waals surface area (Å²) < 4.78 is 28.0. The second kappa shape index (κ2) is 12.3. The first-order chi connectivity index (χ1) is 19.3. The Kier molecular flexibility index (Phi) is 8.64. The lowest BCUT2D eigenvalue weighted by Gasteiger charge is -2.26. The van der Waals surface area contributed by atoms with Crippen molar-refractivity contribution in [3.63, 3.8) is 0 Å². The number of urea groups is 1. The zero-order valence-corrected chi connectivity index (χ0v) is 23.9. The smallest absolute Gasteiger partial charge is 0.333 e. The minimum atomic E-state index is -4.06. The third kappa shape index (κ3) is 6.78. The molecule has 1 aliphatic heterocycles. The molecule has 2 amide bonds. The van der Waals surface area contributed by atoms with E-state index in [4.69, 9.17) is 11.6 Å². The number of fused-ring (bicyclic) bond motifs is 1. The van der Waals surface area contributed by atoms with Crippen molar-refractivity contribution in [2.24, 2.45) is 0 Å². The fraction of sp³-hybridized carbons (Fsp3) is 0.308. The summed E-state index contributed by atoms with van der Waals surface area (Å²) in [5.74, 6) is 0.297. The summed E-state index contributed by atoms with van der Waals surface area (Å²) in [7, 11) is -4.06. The molecule has 0 atom stereocenters. The van der Waals surface area contributed by atoms with E-state index in [1.54, 1.807) is 6.07 Å². The Morgan fingerprint density at radius 3 is 2.55 bits per heavy atom. The molecule has 0 radical (unpaired) electrons. The van der Waals surface area contributed by atoms with Gasteiger partial charge in [0.15, 0.2) is 0 Å². The van der Waals surface area contributed by atoms with E-state index in [-0.39, 0.29) is 19.8 Å². The van der Waals surface area contributed by atoms with E-state index >= 15 is 0 Å². The van der Waals surface area contributed by atoms with Gasteiger partial charge in [0.05, 0.1) is 27.1 Å². The molecular formula is C26H28ClN7O4S2. The number of benzene rings is 1. The Hall–Kier alpha value is -3.52. The molecule has 0 saturated carbocycles. The molecule has 0 spiro atoms. The van der Waals surface area contributed by atoms with Crippen LogP contribution >= 0.6 is 22.9 Å². The van der Waals surface area contributed by atoms with Gasteiger partial charge in [-0.05, 0) is 81.4 Å². The van der Waals surface area contributed by atoms with Gasteiger partial charge in [-0.3, -0.25) is 9.36 Å². The number of carbonyl (C=O) groups excluding carboxylic acids is 1. The average Bonchev–Trinajstić information content (AvgIpc) is 3.39. The summed E-state index contributed by atoms with van der Waals surface area (Å²) in [6, 6.07) is 10.3. The van der Waals surface area contributed by atoms with Crippen LogP contribution in [0.15, 0.2) is 64.0 Å². The lowest BCUT2D eigenvalue weighted by Crippen LogP contribution is -2.34. The molecule has 3 aromatic heterocycles. The van der Waals surface area contributed by atoms with Crippen molar-refractivity contribution in [2.75, 3.05) is 36.8 Å². The SMILES string of the molecule is O=C(Nc1ccc(-n2cnc3cc(NCCCN4CCCCC4)ccc3c2=O)nc1)NS(=O)(=O)c1ccc(Cl)s1. The Balaban J connectivity index is 1.20. The fourth-order valence-electron chi connectivity index (χ4n) is 4.49. The van der Waals surface area contributed by atoms with Crippen LogP contribution in [0, 0.1) is 0 Å². The second-order valence-electron chi connectivity index (χ2n) is 9.36. The summed E-state index contributed by atoms with van der Waals surface area (Å²) >= 11 is 6.61. The minimum Gasteiger partial charge on any atom is -0.385 e. The number of anilines is 2. The highest BCUT2D eigenvalue weighted by Crippen LogP contribution is 2.25. The number of amides is 2. The largest absolute Gasteiger partial charge is 0.385 e. The first kappa shape index (κ1) is 28.0. The molecule has 4 aromatic rings. The van der Waals surface area contributed by atoms with Gasteiger partial charge in [0.25, 0.3) is 15.6 Å². The molecule has 0 aliphatic carbocycles. The van der Waals surface area contributed by atoms with Crippen LogP contribution in [-0.2, 0) is 10.0 Å². The summed E-state index contributed by atoms with van der Waals surface area (Å²) in [4.78, 5) is 36.5. The number of likely N-dealkylation sites (tertiary alicyclic amines) is 1. The second-order valence-corrected chi connectivity index (χ2v) is 13.0. The van der Waals surface area contributed by atoms with Crippen molar-refractivity contribution >= 4 is 61.3 Å². The zero-order chi connectivity index (χ0) is 28.1. The molecule has 1 aliphatic rings. The summed E-state index contributed by atoms with van der Waals surface area (Å²) in [5.41, 5.74) is 1.43. The van der Waals surface area contributed by atoms with Crippen molar-refractivity contribution in [3.8, 4) is 5.82 Å². The molecule has 1 saturated heterocycles. The van der Waals surface area contributed by atoms with E-state index in [9.17, 15) is 18.0 Å². The monoisotopic (exact) mass is 601 g/mol. The van der Waals surface area contributed by atoms with Crippen molar-refractivity contribution in [1.29, 1.82) is 0 Å². The van der Waals surface area contributed by atoms with E-state index in [0.29, 0.717) is 16.7 Å². The van der Waals surface area contributed by atoms with E-state index in [1.165, 1.54) is 73.7 Å². The molecule has 3 N–H and O–H groups in total. The molecule has 0 bridgehead atoms. The number of halogens is 1. The predicted octanol–water partition coefficient (Wildman–Crippen LogP) is 4.29. The topological polar surface area (TPSA) is 138 Å². The normalized spacial score (nSPS) is 14.2. The molecule has 40 heavy (non-hydrogen) atoms. The number of hydrogen-bond donors (Lipinski definition) is 3. The lowest BCUT2D eigenvalue weighted by atomic mass is 10.1. The van der Waals surface area contributed by atoms with E-state index in [2.05, 4.69) is 25.5 Å². The summed E-state index contributed by atoms with van der Waals surface area (Å²) in [6.07, 6.45) is 7.68. The van der Waals surface area contributed by atoms with Crippen LogP contribution < -0.4 is 20.9 Å². The molecule has 5 rings (SSSR count). The van der Waals surface area contributed by atoms with E-state index < -0.39 is 16.1 Å². The third-order valence-electron chi connectivity index (χ3n) is 6.48. The molecule has 210 valence electrons. The zero-order valence-electron chi connectivity index (χ0n) is 21.5. The fourth-order valence-corrected chi connectivity index (χ4v) is 6.88. The van der Waals surface area contributed by atoms with Gasteiger partial charge >= 0.3 is 6.03 Å². The molecule has 0 unspecified atom stereocenters. The molecule has 11 nitrogen and oxygen atoms in total. The predicted molar refractivity (Wildman–Crippen MR) is 157 cm³/mol. The van der Waals surface area contributed by atoms with Crippen molar-refractivity contribution in [3.05, 3.63) is 69.7 Å². The number of aromatic nitrogens is 3. The third-order valence-corrected chi connectivity index (χ3v) is 9.54. The van der Waals surface area contributed by atoms with Gasteiger partial charge in [0, 0.05) is 12.2 Å². The maximum atomic E-state index is 13.1. The summed E-state index contributed by atoms with van der Waals surface area (Å²) in [5, 5.41) is 6.28. The van der Waals surface area contributed by atoms with Crippen molar-refractivity contribution in [1.82, 2.24) is 24.2 Å². The van der Waals surface area contributed by atoms with Crippen LogP contribution in [-0.4, -0.2) is 60.1 Å². The van der Waals surface area contributed by atoms with Gasteiger partial charge < -0.3 is 15.5 Å². The number of sulfonamides is 1. The van der Waals surface area contributed by atoms with Crippen molar-refractivity contribution in [2.45, 2.75) is 29.9 Å². The number of piperidine rings is 1. The van der Waals surface area contributed by atoms with E-state index in [0.717, 1.165) is 36.5 Å². The maximum Gasteiger partial charge on any atom is 0.333 e. The lowest BCUT2D eigenvalue weighted by molar-refractivity contribution is 0.228. The number of nitrogens with one attached hydrogen (secondary N) is 3. The summed E-state index contributed by atoms with van der Waals surface area (Å²) in [6.45, 7) is 4.30. The quantitative estimate of drug-likeness (QED) is 0.242. The van der Waals surface area contributed by atoms with Crippen LogP contribution in [0.1, 0.15) is 25.7 Å². The van der Waals surface area contributed by atoms with Crippen LogP contribution in [0.5, 0.6) is 0 Å². The maximum absolute atomic E-state index is 13.1. The van der Waals surface area contributed by atoms with Crippen LogP contribution in [0.3, 0.4) is 0 Å². The Labute approximate surface area is 240 Å². The van der Waals surface area contributed by atoms with E-state index in [1.807, 2.05) is 16.9 Å². The number of hydrogen-bond acceptors (Lipinski definition) is 9. The van der Waals surface area contributed by atoms with Gasteiger partial charge in [0.2, 0.25) is 0 Å². The first-order valence-corrected chi connectivity index (χ1v) is 15.5. The highest BCUT2D eigenvalue weighted by atomic mass is 35.5. The van der Waals surface area contributed by atoms with Gasteiger partial charge in [-0.15, -0.1) is 11.3 Å². The number of pyridine rings is 1. The van der Waals surface area contributed by atoms with Gasteiger partial charge in [-0.1, -0.05) is 18.0 Å². The Morgan fingerprint density at radius 2 is 1.82 bits per heavy atom. The molecular weight excluding hydrogens is 574 g/mol. The highest BCUT2D eigenvalue weighted by molar-refractivity contribution is 7.92. The Bertz CT molecular complexity index is 1670. The highest BCUT2D eigenvalue weighted by Gasteiger charge is 2.20. The van der Waals surface area contributed by atoms with Gasteiger partial charge in [-0.2, -0.15) is 0 Å². The van der Waals surface area contributed by atoms with Crippen LogP contribution in [0.2, 0.25) is 4.34 Å². The van der Waals surface area contributed by atoms with Crippen molar-refractivity contribution < 1.29 is 13.2 Å². The molecule has 14 heteroatoms. The molecule has 1 fully saturated rings. The first-order valence-electron chi connectivity index (χ1n) is 12.8. The molecule has 1 aromatic carbocycles. The van der Waals surface area contributed by atoms with Crippen LogP contribution in [0.25, 0.3) is 16.7 Å². The van der Waals surface area contributed by atoms with Gasteiger partial charge in [0.1, 0.15) is 16.4 Å².